The standard InChI is InChI=1S/C29H26ClN3O5/c1-18(2)38-29(37)21-11-7-13-23(17-21)32-26(34)20-10-6-12-22(16-20)31-25-24(30)27(35)33(28(25)36)15-14-19-8-4-3-5-9-19/h3-13,16-18,31H,14-15H2,1-2H3,(H,32,34). The van der Waals surface area contributed by atoms with E-state index in [-0.39, 0.29) is 23.4 Å². The number of imide groups is 1. The van der Waals surface area contributed by atoms with Gasteiger partial charge in [-0.1, -0.05) is 54.1 Å². The van der Waals surface area contributed by atoms with Crippen LogP contribution in [0.3, 0.4) is 0 Å². The SMILES string of the molecule is CC(C)OC(=O)c1cccc(NC(=O)c2cccc(NC3=C(Cl)C(=O)N(CCc4ccccc4)C3=O)c2)c1. The van der Waals surface area contributed by atoms with Gasteiger partial charge in [-0.05, 0) is 62.2 Å². The maximum absolute atomic E-state index is 12.9. The normalized spacial score (nSPS) is 13.2. The fourth-order valence-corrected chi connectivity index (χ4v) is 4.07. The Labute approximate surface area is 225 Å². The number of rotatable bonds is 9. The first-order valence-electron chi connectivity index (χ1n) is 12.0. The number of esters is 1. The lowest BCUT2D eigenvalue weighted by atomic mass is 10.1. The van der Waals surface area contributed by atoms with Crippen molar-refractivity contribution in [2.24, 2.45) is 0 Å². The van der Waals surface area contributed by atoms with Crippen molar-refractivity contribution in [2.75, 3.05) is 17.2 Å². The number of amides is 3. The van der Waals surface area contributed by atoms with Crippen molar-refractivity contribution in [3.8, 4) is 0 Å². The number of ether oxygens (including phenoxy) is 1. The summed E-state index contributed by atoms with van der Waals surface area (Å²) in [5.74, 6) is -2.02. The molecule has 0 saturated heterocycles. The van der Waals surface area contributed by atoms with Gasteiger partial charge in [0.15, 0.2) is 0 Å². The predicted molar refractivity (Wildman–Crippen MR) is 145 cm³/mol. The summed E-state index contributed by atoms with van der Waals surface area (Å²) in [6.45, 7) is 3.70. The third-order valence-corrected chi connectivity index (χ3v) is 6.02. The zero-order valence-corrected chi connectivity index (χ0v) is 21.6. The van der Waals surface area contributed by atoms with Crippen LogP contribution in [0.5, 0.6) is 0 Å². The maximum Gasteiger partial charge on any atom is 0.338 e. The number of benzene rings is 3. The Bertz CT molecular complexity index is 1420. The van der Waals surface area contributed by atoms with Gasteiger partial charge in [0.2, 0.25) is 0 Å². The van der Waals surface area contributed by atoms with Crippen LogP contribution in [0.1, 0.15) is 40.1 Å². The number of hydrogen-bond donors (Lipinski definition) is 2. The molecule has 0 aromatic heterocycles. The van der Waals surface area contributed by atoms with Crippen LogP contribution in [0.25, 0.3) is 0 Å². The van der Waals surface area contributed by atoms with Crippen molar-refractivity contribution in [3.05, 3.63) is 106 Å². The van der Waals surface area contributed by atoms with Crippen molar-refractivity contribution in [1.29, 1.82) is 0 Å². The zero-order valence-electron chi connectivity index (χ0n) is 20.9. The number of hydrogen-bond acceptors (Lipinski definition) is 6. The summed E-state index contributed by atoms with van der Waals surface area (Å²) in [6.07, 6.45) is 0.236. The van der Waals surface area contributed by atoms with E-state index in [1.54, 1.807) is 50.2 Å². The molecule has 194 valence electrons. The highest BCUT2D eigenvalue weighted by atomic mass is 35.5. The number of anilines is 2. The molecule has 0 spiro atoms. The highest BCUT2D eigenvalue weighted by molar-refractivity contribution is 6.48. The molecular formula is C29H26ClN3O5. The molecule has 3 amide bonds. The molecule has 0 unspecified atom stereocenters. The van der Waals surface area contributed by atoms with E-state index in [4.69, 9.17) is 16.3 Å². The molecule has 38 heavy (non-hydrogen) atoms. The summed E-state index contributed by atoms with van der Waals surface area (Å²) in [4.78, 5) is 51.7. The summed E-state index contributed by atoms with van der Waals surface area (Å²) < 4.78 is 5.20. The second-order valence-electron chi connectivity index (χ2n) is 8.88. The molecular weight excluding hydrogens is 506 g/mol. The van der Waals surface area contributed by atoms with E-state index in [9.17, 15) is 19.2 Å². The van der Waals surface area contributed by atoms with Gasteiger partial charge in [-0.3, -0.25) is 19.3 Å². The highest BCUT2D eigenvalue weighted by Crippen LogP contribution is 2.26. The van der Waals surface area contributed by atoms with Gasteiger partial charge in [0.1, 0.15) is 10.7 Å². The zero-order chi connectivity index (χ0) is 27.2. The molecule has 1 heterocycles. The topological polar surface area (TPSA) is 105 Å². The lowest BCUT2D eigenvalue weighted by Crippen LogP contribution is -2.34. The number of carbonyl (C=O) groups is 4. The quantitative estimate of drug-likeness (QED) is 0.298. The van der Waals surface area contributed by atoms with Gasteiger partial charge in [0, 0.05) is 23.5 Å². The lowest BCUT2D eigenvalue weighted by Gasteiger charge is -2.15. The van der Waals surface area contributed by atoms with E-state index in [1.165, 1.54) is 12.1 Å². The average Bonchev–Trinajstić information content (AvgIpc) is 3.10. The fraction of sp³-hybridized carbons (Fsp3) is 0.172. The van der Waals surface area contributed by atoms with Crippen LogP contribution in [0.15, 0.2) is 89.6 Å². The fourth-order valence-electron chi connectivity index (χ4n) is 3.84. The van der Waals surface area contributed by atoms with Gasteiger partial charge in [0.25, 0.3) is 17.7 Å². The van der Waals surface area contributed by atoms with Crippen molar-refractivity contribution >= 4 is 46.7 Å². The Kier molecular flexibility index (Phi) is 8.23. The minimum atomic E-state index is -0.570. The number of carbonyl (C=O) groups excluding carboxylic acids is 4. The van der Waals surface area contributed by atoms with Crippen molar-refractivity contribution in [2.45, 2.75) is 26.4 Å². The molecule has 0 saturated carbocycles. The molecule has 4 rings (SSSR count). The van der Waals surface area contributed by atoms with Crippen molar-refractivity contribution in [3.63, 3.8) is 0 Å². The van der Waals surface area contributed by atoms with Crippen LogP contribution in [-0.2, 0) is 20.7 Å². The third-order valence-electron chi connectivity index (χ3n) is 5.67. The molecule has 0 fully saturated rings. The van der Waals surface area contributed by atoms with Crippen LogP contribution in [0.2, 0.25) is 0 Å². The smallest absolute Gasteiger partial charge is 0.338 e. The van der Waals surface area contributed by atoms with E-state index >= 15 is 0 Å². The summed E-state index contributed by atoms with van der Waals surface area (Å²) in [5, 5.41) is 5.44. The van der Waals surface area contributed by atoms with Gasteiger partial charge >= 0.3 is 5.97 Å². The Balaban J connectivity index is 1.43. The number of nitrogens with one attached hydrogen (secondary N) is 2. The Morgan fingerprint density at radius 2 is 1.53 bits per heavy atom. The molecule has 0 radical (unpaired) electrons. The molecule has 1 aliphatic rings. The van der Waals surface area contributed by atoms with Gasteiger partial charge in [-0.2, -0.15) is 0 Å². The Morgan fingerprint density at radius 1 is 0.868 bits per heavy atom. The summed E-state index contributed by atoms with van der Waals surface area (Å²) in [5.41, 5.74) is 2.38. The first-order chi connectivity index (χ1) is 18.2. The highest BCUT2D eigenvalue weighted by Gasteiger charge is 2.37. The van der Waals surface area contributed by atoms with Crippen LogP contribution < -0.4 is 10.6 Å². The summed E-state index contributed by atoms with van der Waals surface area (Å²) in [6, 6.07) is 22.4. The van der Waals surface area contributed by atoms with Gasteiger partial charge in [0.05, 0.1) is 11.7 Å². The number of nitrogens with zero attached hydrogens (tertiary/aromatic N) is 1. The molecule has 1 aliphatic heterocycles. The van der Waals surface area contributed by atoms with Crippen LogP contribution in [0, 0.1) is 0 Å². The molecule has 8 nitrogen and oxygen atoms in total. The summed E-state index contributed by atoms with van der Waals surface area (Å²) in [7, 11) is 0. The first-order valence-corrected chi connectivity index (χ1v) is 12.4. The van der Waals surface area contributed by atoms with Crippen molar-refractivity contribution in [1.82, 2.24) is 4.90 Å². The van der Waals surface area contributed by atoms with Crippen molar-refractivity contribution < 1.29 is 23.9 Å². The van der Waals surface area contributed by atoms with E-state index in [0.29, 0.717) is 28.9 Å². The van der Waals surface area contributed by atoms with Gasteiger partial charge in [-0.25, -0.2) is 4.79 Å². The average molecular weight is 532 g/mol. The molecule has 0 atom stereocenters. The molecule has 3 aromatic rings. The Hall–Kier alpha value is -4.43. The van der Waals surface area contributed by atoms with Gasteiger partial charge in [-0.15, -0.1) is 0 Å². The minimum absolute atomic E-state index is 0.0429. The molecule has 3 aromatic carbocycles. The number of halogens is 1. The van der Waals surface area contributed by atoms with Crippen LogP contribution >= 0.6 is 11.6 Å². The van der Waals surface area contributed by atoms with E-state index in [0.717, 1.165) is 10.5 Å². The predicted octanol–water partition coefficient (Wildman–Crippen LogP) is 4.98. The van der Waals surface area contributed by atoms with E-state index < -0.39 is 23.7 Å². The molecule has 2 N–H and O–H groups in total. The largest absolute Gasteiger partial charge is 0.459 e. The van der Waals surface area contributed by atoms with E-state index in [2.05, 4.69) is 10.6 Å². The second-order valence-corrected chi connectivity index (χ2v) is 9.26. The van der Waals surface area contributed by atoms with Crippen LogP contribution in [0.4, 0.5) is 11.4 Å². The lowest BCUT2D eigenvalue weighted by molar-refractivity contribution is -0.137. The molecule has 0 aliphatic carbocycles. The maximum atomic E-state index is 12.9. The molecule has 9 heteroatoms. The van der Waals surface area contributed by atoms with E-state index in [1.807, 2.05) is 30.3 Å². The first kappa shape index (κ1) is 26.6. The molecule has 0 bridgehead atoms. The Morgan fingerprint density at radius 3 is 2.24 bits per heavy atom. The summed E-state index contributed by atoms with van der Waals surface area (Å²) >= 11 is 6.22. The third kappa shape index (κ3) is 6.27. The second kappa shape index (κ2) is 11.7. The minimum Gasteiger partial charge on any atom is -0.459 e. The van der Waals surface area contributed by atoms with Crippen LogP contribution in [-0.4, -0.2) is 41.2 Å². The van der Waals surface area contributed by atoms with Gasteiger partial charge < -0.3 is 15.4 Å². The monoisotopic (exact) mass is 531 g/mol.